The molecule has 0 radical (unpaired) electrons. The van der Waals surface area contributed by atoms with Crippen molar-refractivity contribution in [2.24, 2.45) is 35.0 Å². The van der Waals surface area contributed by atoms with Crippen LogP contribution in [0.4, 0.5) is 0 Å². The Morgan fingerprint density at radius 2 is 1.91 bits per heavy atom. The first kappa shape index (κ1) is 14.9. The van der Waals surface area contributed by atoms with Crippen molar-refractivity contribution in [1.82, 2.24) is 0 Å². The van der Waals surface area contributed by atoms with Gasteiger partial charge in [-0.25, -0.2) is 0 Å². The Balaban J connectivity index is 1.35. The highest BCUT2D eigenvalue weighted by atomic mass is 16.7. The van der Waals surface area contributed by atoms with Crippen LogP contribution in [0.15, 0.2) is 12.2 Å². The molecule has 2 aliphatic heterocycles. The standard InChI is InChI=1S/C20H30O3/c1-9-6-7-12-14(9)15-11(8-13(21)20(12,15)5)10(2)16-17(22-16)18-19(3,4)23-18/h9,11-18,21H,2,6-8H2,1,3-5H3/t9-,11+,12+,13-,14-,15+,16+,17+,18-,20+/m1/s1. The second-order valence-electron chi connectivity index (χ2n) is 9.73. The van der Waals surface area contributed by atoms with Crippen molar-refractivity contribution in [3.63, 3.8) is 0 Å². The van der Waals surface area contributed by atoms with Crippen molar-refractivity contribution in [2.75, 3.05) is 0 Å². The van der Waals surface area contributed by atoms with E-state index < -0.39 is 0 Å². The molecule has 0 aromatic rings. The van der Waals surface area contributed by atoms with E-state index in [4.69, 9.17) is 9.47 Å². The summed E-state index contributed by atoms with van der Waals surface area (Å²) >= 11 is 0. The minimum atomic E-state index is -0.161. The van der Waals surface area contributed by atoms with Crippen LogP contribution in [-0.4, -0.2) is 35.1 Å². The third kappa shape index (κ3) is 1.72. The van der Waals surface area contributed by atoms with Gasteiger partial charge in [0, 0.05) is 5.41 Å². The van der Waals surface area contributed by atoms with Crippen molar-refractivity contribution < 1.29 is 14.6 Å². The fraction of sp³-hybridized carbons (Fsp3) is 0.900. The Hall–Kier alpha value is -0.380. The molecule has 0 spiro atoms. The molecule has 0 aromatic heterocycles. The topological polar surface area (TPSA) is 45.3 Å². The third-order valence-electron chi connectivity index (χ3n) is 8.34. The Kier molecular flexibility index (Phi) is 2.74. The Labute approximate surface area is 139 Å². The molecule has 5 aliphatic rings. The van der Waals surface area contributed by atoms with Crippen LogP contribution in [0.25, 0.3) is 0 Å². The van der Waals surface area contributed by atoms with Crippen molar-refractivity contribution in [3.05, 3.63) is 12.2 Å². The van der Waals surface area contributed by atoms with Crippen LogP contribution < -0.4 is 0 Å². The van der Waals surface area contributed by atoms with Crippen LogP contribution in [0, 0.1) is 35.0 Å². The monoisotopic (exact) mass is 318 g/mol. The molecule has 0 unspecified atom stereocenters. The normalized spacial score (nSPS) is 61.5. The van der Waals surface area contributed by atoms with E-state index in [1.807, 2.05) is 0 Å². The molecule has 5 rings (SSSR count). The van der Waals surface area contributed by atoms with E-state index >= 15 is 0 Å². The van der Waals surface area contributed by atoms with Gasteiger partial charge in [0.1, 0.15) is 18.3 Å². The summed E-state index contributed by atoms with van der Waals surface area (Å²) in [5.74, 6) is 3.39. The summed E-state index contributed by atoms with van der Waals surface area (Å²) in [7, 11) is 0. The van der Waals surface area contributed by atoms with Gasteiger partial charge >= 0.3 is 0 Å². The number of aliphatic hydroxyl groups excluding tert-OH is 1. The van der Waals surface area contributed by atoms with E-state index in [1.165, 1.54) is 18.4 Å². The van der Waals surface area contributed by atoms with Gasteiger partial charge in [-0.2, -0.15) is 0 Å². The molecule has 3 saturated carbocycles. The quantitative estimate of drug-likeness (QED) is 0.642. The molecule has 2 saturated heterocycles. The summed E-state index contributed by atoms with van der Waals surface area (Å²) in [5, 5.41) is 10.8. The average molecular weight is 318 g/mol. The second kappa shape index (κ2) is 4.23. The van der Waals surface area contributed by atoms with Crippen molar-refractivity contribution >= 4 is 0 Å². The van der Waals surface area contributed by atoms with Gasteiger partial charge < -0.3 is 14.6 Å². The predicted octanol–water partition coefficient (Wildman–Crippen LogP) is 3.17. The van der Waals surface area contributed by atoms with Crippen LogP contribution in [-0.2, 0) is 9.47 Å². The fourth-order valence-corrected chi connectivity index (χ4v) is 6.91. The van der Waals surface area contributed by atoms with Gasteiger partial charge in [0.15, 0.2) is 0 Å². The summed E-state index contributed by atoms with van der Waals surface area (Å²) in [6, 6.07) is 0. The molecule has 128 valence electrons. The van der Waals surface area contributed by atoms with E-state index in [9.17, 15) is 5.11 Å². The summed E-state index contributed by atoms with van der Waals surface area (Å²) in [4.78, 5) is 0. The van der Waals surface area contributed by atoms with Gasteiger partial charge in [0.05, 0.1) is 11.7 Å². The summed E-state index contributed by atoms with van der Waals surface area (Å²) < 4.78 is 11.7. The van der Waals surface area contributed by atoms with E-state index in [2.05, 4.69) is 34.3 Å². The lowest BCUT2D eigenvalue weighted by Crippen LogP contribution is -2.57. The zero-order valence-corrected chi connectivity index (χ0v) is 14.8. The predicted molar refractivity (Wildman–Crippen MR) is 87.8 cm³/mol. The Bertz CT molecular complexity index is 569. The Morgan fingerprint density at radius 1 is 1.22 bits per heavy atom. The lowest BCUT2D eigenvalue weighted by molar-refractivity contribution is -0.143. The van der Waals surface area contributed by atoms with Crippen LogP contribution in [0.1, 0.15) is 47.0 Å². The van der Waals surface area contributed by atoms with Crippen molar-refractivity contribution in [3.8, 4) is 0 Å². The first-order chi connectivity index (χ1) is 10.8. The third-order valence-corrected chi connectivity index (χ3v) is 8.34. The first-order valence-electron chi connectivity index (χ1n) is 9.47. The van der Waals surface area contributed by atoms with Crippen molar-refractivity contribution in [2.45, 2.75) is 77.0 Å². The van der Waals surface area contributed by atoms with Crippen LogP contribution >= 0.6 is 0 Å². The number of hydrogen-bond acceptors (Lipinski definition) is 3. The maximum absolute atomic E-state index is 10.8. The molecule has 3 heteroatoms. The largest absolute Gasteiger partial charge is 0.393 e. The smallest absolute Gasteiger partial charge is 0.117 e. The average Bonchev–Trinajstić information content (AvgIpc) is 3.32. The van der Waals surface area contributed by atoms with Gasteiger partial charge in [-0.3, -0.25) is 0 Å². The van der Waals surface area contributed by atoms with Crippen LogP contribution in [0.5, 0.6) is 0 Å². The highest BCUT2D eigenvalue weighted by Gasteiger charge is 2.72. The molecule has 3 nitrogen and oxygen atoms in total. The zero-order chi connectivity index (χ0) is 16.3. The number of ether oxygens (including phenoxy) is 2. The van der Waals surface area contributed by atoms with Gasteiger partial charge in [0.25, 0.3) is 0 Å². The molecule has 3 aliphatic carbocycles. The molecule has 0 amide bonds. The Morgan fingerprint density at radius 3 is 2.57 bits per heavy atom. The maximum Gasteiger partial charge on any atom is 0.117 e. The van der Waals surface area contributed by atoms with E-state index in [1.54, 1.807) is 0 Å². The minimum absolute atomic E-state index is 0.0229. The number of epoxide rings is 2. The zero-order valence-electron chi connectivity index (χ0n) is 14.8. The first-order valence-corrected chi connectivity index (χ1v) is 9.47. The lowest BCUT2D eigenvalue weighted by atomic mass is 9.46. The molecule has 10 atom stereocenters. The molecular formula is C20H30O3. The number of fused-ring (bicyclic) bond motifs is 4. The van der Waals surface area contributed by atoms with Gasteiger partial charge in [-0.05, 0) is 61.9 Å². The summed E-state index contributed by atoms with van der Waals surface area (Å²) in [6.07, 6.45) is 3.98. The fourth-order valence-electron chi connectivity index (χ4n) is 6.91. The molecule has 5 fully saturated rings. The highest BCUT2D eigenvalue weighted by Crippen LogP contribution is 2.73. The molecular weight excluding hydrogens is 288 g/mol. The van der Waals surface area contributed by atoms with E-state index in [0.717, 1.165) is 24.2 Å². The van der Waals surface area contributed by atoms with Gasteiger partial charge in [-0.15, -0.1) is 0 Å². The number of aliphatic hydroxyl groups is 1. The molecule has 0 bridgehead atoms. The molecule has 2 heterocycles. The molecule has 0 aromatic carbocycles. The van der Waals surface area contributed by atoms with E-state index in [0.29, 0.717) is 11.8 Å². The van der Waals surface area contributed by atoms with Gasteiger partial charge in [-0.1, -0.05) is 26.8 Å². The van der Waals surface area contributed by atoms with Crippen LogP contribution in [0.3, 0.4) is 0 Å². The lowest BCUT2D eigenvalue weighted by Gasteiger charge is -2.58. The summed E-state index contributed by atoms with van der Waals surface area (Å²) in [5.41, 5.74) is 1.35. The second-order valence-corrected chi connectivity index (χ2v) is 9.73. The van der Waals surface area contributed by atoms with E-state index in [-0.39, 0.29) is 35.4 Å². The number of hydrogen-bond donors (Lipinski definition) is 1. The minimum Gasteiger partial charge on any atom is -0.393 e. The summed E-state index contributed by atoms with van der Waals surface area (Å²) in [6.45, 7) is 13.5. The van der Waals surface area contributed by atoms with Crippen molar-refractivity contribution in [1.29, 1.82) is 0 Å². The number of rotatable bonds is 3. The molecule has 23 heavy (non-hydrogen) atoms. The molecule has 1 N–H and O–H groups in total. The SMILES string of the molecule is C=C([C@@H]1C[C@@H](O)[C@@]2(C)[C@@H]1[C@@H]1[C@H](C)CC[C@@H]12)[C@@H]1O[C@@H]1[C@H]1OC1(C)C. The van der Waals surface area contributed by atoms with Gasteiger partial charge in [0.2, 0.25) is 0 Å². The van der Waals surface area contributed by atoms with Crippen LogP contribution in [0.2, 0.25) is 0 Å². The highest BCUT2D eigenvalue weighted by molar-refractivity contribution is 5.29. The maximum atomic E-state index is 10.8.